The van der Waals surface area contributed by atoms with Gasteiger partial charge in [0.1, 0.15) is 0 Å². The summed E-state index contributed by atoms with van der Waals surface area (Å²) in [5, 5.41) is 5.40. The Bertz CT molecular complexity index is 3360. The molecule has 0 saturated carbocycles. The lowest BCUT2D eigenvalue weighted by Crippen LogP contribution is -2.20. The predicted molar refractivity (Wildman–Crippen MR) is 478 cm³/mol. The molecule has 103 heavy (non-hydrogen) atoms. The van der Waals surface area contributed by atoms with Gasteiger partial charge in [0, 0.05) is 0 Å². The highest BCUT2D eigenvalue weighted by atomic mass is 14.3. The van der Waals surface area contributed by atoms with E-state index in [0.29, 0.717) is 29.6 Å². The van der Waals surface area contributed by atoms with E-state index < -0.39 is 0 Å². The second-order valence-electron chi connectivity index (χ2n) is 27.9. The molecule has 9 atom stereocenters. The van der Waals surface area contributed by atoms with Gasteiger partial charge in [-0.15, -0.1) is 0 Å². The molecule has 0 N–H and O–H groups in total. The molecule has 9 unspecified atom stereocenters. The van der Waals surface area contributed by atoms with Crippen LogP contribution in [0, 0.1) is 31.6 Å². The number of fused-ring (bicyclic) bond motifs is 5. The van der Waals surface area contributed by atoms with Crippen molar-refractivity contribution in [1.29, 1.82) is 0 Å². The summed E-state index contributed by atoms with van der Waals surface area (Å²) in [5.74, 6) is 6.76. The molecular formula is C103H162. The van der Waals surface area contributed by atoms with Gasteiger partial charge in [-0.1, -0.05) is 433 Å². The molecule has 0 amide bonds. The molecule has 0 aromatic heterocycles. The molecule has 0 heteroatoms. The van der Waals surface area contributed by atoms with E-state index in [1.807, 2.05) is 96.9 Å². The van der Waals surface area contributed by atoms with E-state index in [2.05, 4.69) is 339 Å². The first-order valence-corrected chi connectivity index (χ1v) is 41.9. The Morgan fingerprint density at radius 1 is 0.311 bits per heavy atom. The lowest BCUT2D eigenvalue weighted by molar-refractivity contribution is 0.361. The van der Waals surface area contributed by atoms with E-state index in [1.54, 1.807) is 22.3 Å². The van der Waals surface area contributed by atoms with E-state index in [-0.39, 0.29) is 5.41 Å². The first-order valence-electron chi connectivity index (χ1n) is 41.9. The van der Waals surface area contributed by atoms with Crippen molar-refractivity contribution in [1.82, 2.24) is 0 Å². The highest BCUT2D eigenvalue weighted by Crippen LogP contribution is 2.37. The molecule has 0 fully saturated rings. The highest BCUT2D eigenvalue weighted by Gasteiger charge is 2.25. The third kappa shape index (κ3) is 36.9. The topological polar surface area (TPSA) is 0 Å². The van der Waals surface area contributed by atoms with Crippen LogP contribution in [-0.4, -0.2) is 0 Å². The second-order valence-corrected chi connectivity index (χ2v) is 27.9. The molecule has 0 spiro atoms. The third-order valence-corrected chi connectivity index (χ3v) is 20.1. The molecule has 0 bridgehead atoms. The van der Waals surface area contributed by atoms with Crippen LogP contribution in [0.4, 0.5) is 0 Å². The van der Waals surface area contributed by atoms with Crippen molar-refractivity contribution >= 4 is 21.5 Å². The van der Waals surface area contributed by atoms with Crippen molar-refractivity contribution in [3.63, 3.8) is 0 Å². The predicted octanol–water partition coefficient (Wildman–Crippen LogP) is 34.0. The van der Waals surface area contributed by atoms with Crippen LogP contribution in [0.2, 0.25) is 0 Å². The Morgan fingerprint density at radius 2 is 0.641 bits per heavy atom. The first kappa shape index (κ1) is 101. The van der Waals surface area contributed by atoms with Gasteiger partial charge in [-0.25, -0.2) is 0 Å². The number of benzene rings is 9. The summed E-state index contributed by atoms with van der Waals surface area (Å²) < 4.78 is 0. The molecule has 574 valence electrons. The van der Waals surface area contributed by atoms with Crippen LogP contribution in [-0.2, 0) is 31.1 Å². The van der Waals surface area contributed by atoms with E-state index in [1.165, 1.54) is 123 Å². The SMILES string of the molecule is CC.CC.CC.CC.CC.CC.CC.CC1Cc2ccccc2C1C.CC1Cc2ccccc2CC1C.CCC(C)c1ccc(C)cc1.CCC(C)c1ccc(C)cc1.CCC(C)c1ccc2ccc3ccccc3c2c1.CCC(C)c1cccc(C(C)(C)C)c1.CCc1cccc(C(C)CC)c1. The lowest BCUT2D eigenvalue weighted by atomic mass is 9.78. The Balaban J connectivity index is -0.00000111. The van der Waals surface area contributed by atoms with Crippen LogP contribution < -0.4 is 0 Å². The Kier molecular flexibility index (Phi) is 58.4. The van der Waals surface area contributed by atoms with Gasteiger partial charge < -0.3 is 0 Å². The standard InChI is InChI=1S/C18H18.C14H22.C12H16.C12H18.C11H14.2C11H16.7C2H6/c1-3-13(2)16-11-10-15-9-8-14-6-4-5-7-17(14)18(15)12-16;1-6-11(2)12-8-7-9-13(10-12)14(3,4)5;1-9-7-11-5-3-4-6-12(11)8-10(9)2;1-4-10(3)12-8-6-7-11(5-2)9-12;1-8-7-10-5-3-4-6-11(10)9(8)2;2*1-4-10(3)11-7-5-9(2)6-8-11;7*1-2/h4-13H,3H2,1-2H3;7-11H,6H2,1-5H3;3-6,9-10H,7-8H2,1-2H3;6-10H,4-5H2,1-3H3;3-6,8-9H,7H2,1-2H3;2*5-8,10H,4H2,1-3H3;7*1-2H3. The second kappa shape index (κ2) is 59.7. The molecule has 9 aromatic rings. The van der Waals surface area contributed by atoms with Gasteiger partial charge >= 0.3 is 0 Å². The fourth-order valence-corrected chi connectivity index (χ4v) is 11.8. The average Bonchev–Trinajstić information content (AvgIpc) is 1.39. The smallest absolute Gasteiger partial charge is 0.0103 e. The third-order valence-electron chi connectivity index (χ3n) is 20.1. The summed E-state index contributed by atoms with van der Waals surface area (Å²) in [4.78, 5) is 0. The Labute approximate surface area is 642 Å². The van der Waals surface area contributed by atoms with Crippen molar-refractivity contribution in [3.8, 4) is 0 Å². The fraction of sp³-hybridized carbons (Fsp3) is 0.515. The largest absolute Gasteiger partial charge is 0.0683 e. The summed E-state index contributed by atoms with van der Waals surface area (Å²) >= 11 is 0. The van der Waals surface area contributed by atoms with Crippen molar-refractivity contribution < 1.29 is 0 Å². The zero-order valence-corrected chi connectivity index (χ0v) is 73.6. The summed E-state index contributed by atoms with van der Waals surface area (Å²) in [6.07, 6.45) is 11.1. The fourth-order valence-electron chi connectivity index (χ4n) is 11.8. The summed E-state index contributed by atoms with van der Waals surface area (Å²) in [6, 6.07) is 73.2. The van der Waals surface area contributed by atoms with Crippen molar-refractivity contribution in [2.45, 2.75) is 334 Å². The number of hydrogen-bond donors (Lipinski definition) is 0. The van der Waals surface area contributed by atoms with Crippen LogP contribution in [0.3, 0.4) is 0 Å². The zero-order valence-electron chi connectivity index (χ0n) is 73.6. The average molecular weight is 1400 g/mol. The van der Waals surface area contributed by atoms with Gasteiger partial charge in [0.15, 0.2) is 0 Å². The van der Waals surface area contributed by atoms with E-state index in [4.69, 9.17) is 0 Å². The molecule has 0 nitrogen and oxygen atoms in total. The van der Waals surface area contributed by atoms with Crippen LogP contribution in [0.25, 0.3) is 21.5 Å². The minimum Gasteiger partial charge on any atom is -0.0683 e. The van der Waals surface area contributed by atoms with E-state index in [0.717, 1.165) is 30.1 Å². The van der Waals surface area contributed by atoms with Gasteiger partial charge in [0.2, 0.25) is 0 Å². The summed E-state index contributed by atoms with van der Waals surface area (Å²) in [5.41, 5.74) is 19.4. The van der Waals surface area contributed by atoms with E-state index in [9.17, 15) is 0 Å². The molecule has 2 aliphatic carbocycles. The quantitative estimate of drug-likeness (QED) is 0.113. The van der Waals surface area contributed by atoms with Crippen LogP contribution in [0.1, 0.15) is 361 Å². The maximum Gasteiger partial charge on any atom is -0.0103 e. The number of hydrogen-bond acceptors (Lipinski definition) is 0. The molecule has 2 aliphatic rings. The minimum atomic E-state index is 0.267. The molecule has 0 radical (unpaired) electrons. The van der Waals surface area contributed by atoms with Crippen molar-refractivity contribution in [2.75, 3.05) is 0 Å². The molecule has 0 saturated heterocycles. The lowest BCUT2D eigenvalue weighted by Gasteiger charge is -2.27. The maximum atomic E-state index is 2.37. The number of rotatable bonds is 11. The number of aryl methyl sites for hydroxylation is 3. The zero-order chi connectivity index (χ0) is 79.2. The molecule has 0 heterocycles. The molecule has 0 aliphatic heterocycles. The molecular weight excluding hydrogens is 1240 g/mol. The summed E-state index contributed by atoms with van der Waals surface area (Å²) in [6.45, 7) is 73.2. The monoisotopic (exact) mass is 1400 g/mol. The maximum absolute atomic E-state index is 2.37. The van der Waals surface area contributed by atoms with Crippen molar-refractivity contribution in [3.05, 3.63) is 273 Å². The van der Waals surface area contributed by atoms with Crippen LogP contribution in [0.5, 0.6) is 0 Å². The van der Waals surface area contributed by atoms with Gasteiger partial charge in [-0.2, -0.15) is 0 Å². The van der Waals surface area contributed by atoms with Gasteiger partial charge in [-0.05, 0) is 213 Å². The van der Waals surface area contributed by atoms with Crippen molar-refractivity contribution in [2.24, 2.45) is 17.8 Å². The summed E-state index contributed by atoms with van der Waals surface area (Å²) in [7, 11) is 0. The van der Waals surface area contributed by atoms with E-state index >= 15 is 0 Å². The van der Waals surface area contributed by atoms with Crippen LogP contribution >= 0.6 is 0 Å². The van der Waals surface area contributed by atoms with Gasteiger partial charge in [0.05, 0.1) is 0 Å². The Morgan fingerprint density at radius 3 is 1.05 bits per heavy atom. The highest BCUT2D eigenvalue weighted by molar-refractivity contribution is 6.07. The Hall–Kier alpha value is -6.50. The van der Waals surface area contributed by atoms with Gasteiger partial charge in [0.25, 0.3) is 0 Å². The first-order chi connectivity index (χ1) is 49.5. The van der Waals surface area contributed by atoms with Gasteiger partial charge in [-0.3, -0.25) is 0 Å². The van der Waals surface area contributed by atoms with Crippen LogP contribution in [0.15, 0.2) is 200 Å². The minimum absolute atomic E-state index is 0.267. The normalized spacial score (nSPS) is 15.2. The molecule has 9 aromatic carbocycles. The molecule has 11 rings (SSSR count).